The lowest BCUT2D eigenvalue weighted by molar-refractivity contribution is -0.148. The molecule has 1 fully saturated rings. The van der Waals surface area contributed by atoms with Gasteiger partial charge >= 0.3 is 11.9 Å². The van der Waals surface area contributed by atoms with E-state index in [2.05, 4.69) is 4.90 Å². The van der Waals surface area contributed by atoms with Crippen LogP contribution in [0.5, 0.6) is 5.75 Å². The zero-order chi connectivity index (χ0) is 17.0. The Morgan fingerprint density at radius 2 is 1.74 bits per heavy atom. The first-order chi connectivity index (χ1) is 10.8. The Bertz CT molecular complexity index is 559. The van der Waals surface area contributed by atoms with E-state index in [1.165, 1.54) is 12.1 Å². The summed E-state index contributed by atoms with van der Waals surface area (Å²) in [4.78, 5) is 24.1. The summed E-state index contributed by atoms with van der Waals surface area (Å²) in [6.07, 6.45) is 1.74. The molecule has 23 heavy (non-hydrogen) atoms. The van der Waals surface area contributed by atoms with Gasteiger partial charge in [-0.25, -0.2) is 4.79 Å². The molecular formula is C17H23NO5. The van der Waals surface area contributed by atoms with Crippen LogP contribution in [0.15, 0.2) is 24.3 Å². The molecule has 0 saturated carbocycles. The summed E-state index contributed by atoms with van der Waals surface area (Å²) in [6.45, 7) is 5.61. The van der Waals surface area contributed by atoms with Crippen LogP contribution in [0.25, 0.3) is 0 Å². The fraction of sp³-hybridized carbons (Fsp3) is 0.529. The molecule has 6 heteroatoms. The van der Waals surface area contributed by atoms with Gasteiger partial charge in [-0.05, 0) is 51.0 Å². The number of hydrogen-bond donors (Lipinski definition) is 2. The first-order valence-corrected chi connectivity index (χ1v) is 7.74. The van der Waals surface area contributed by atoms with E-state index in [-0.39, 0.29) is 11.7 Å². The Balaban J connectivity index is 1.83. The first-order valence-electron chi connectivity index (χ1n) is 7.74. The van der Waals surface area contributed by atoms with Gasteiger partial charge in [-0.3, -0.25) is 4.79 Å². The van der Waals surface area contributed by atoms with Gasteiger partial charge in [0, 0.05) is 19.6 Å². The number of likely N-dealkylation sites (tertiary alicyclic amines) is 1. The third-order valence-corrected chi connectivity index (χ3v) is 4.14. The Morgan fingerprint density at radius 3 is 2.22 bits per heavy atom. The van der Waals surface area contributed by atoms with Crippen LogP contribution < -0.4 is 4.74 Å². The van der Waals surface area contributed by atoms with Crippen molar-refractivity contribution in [2.24, 2.45) is 5.41 Å². The molecule has 2 rings (SSSR count). The summed E-state index contributed by atoms with van der Waals surface area (Å²) in [5, 5.41) is 18.1. The number of carbonyl (C=O) groups is 2. The fourth-order valence-corrected chi connectivity index (χ4v) is 2.68. The van der Waals surface area contributed by atoms with Gasteiger partial charge in [0.05, 0.1) is 11.0 Å². The number of hydrogen-bond acceptors (Lipinski definition) is 4. The molecule has 1 aliphatic heterocycles. The lowest BCUT2D eigenvalue weighted by Gasteiger charge is -2.35. The molecular weight excluding hydrogens is 298 g/mol. The summed E-state index contributed by atoms with van der Waals surface area (Å²) >= 11 is 0. The molecule has 0 aliphatic carbocycles. The summed E-state index contributed by atoms with van der Waals surface area (Å²) in [5.74, 6) is -1.07. The quantitative estimate of drug-likeness (QED) is 0.836. The highest BCUT2D eigenvalue weighted by molar-refractivity contribution is 5.87. The van der Waals surface area contributed by atoms with Crippen molar-refractivity contribution < 1.29 is 24.5 Å². The second kappa shape index (κ2) is 7.00. The summed E-state index contributed by atoms with van der Waals surface area (Å²) in [7, 11) is 0. The molecule has 1 aliphatic rings. The van der Waals surface area contributed by atoms with Crippen molar-refractivity contribution in [3.63, 3.8) is 0 Å². The van der Waals surface area contributed by atoms with Crippen LogP contribution in [-0.4, -0.2) is 52.8 Å². The maximum Gasteiger partial charge on any atom is 0.335 e. The lowest BCUT2D eigenvalue weighted by atomic mass is 9.92. The third-order valence-electron chi connectivity index (χ3n) is 4.14. The Hall–Kier alpha value is -2.08. The third kappa shape index (κ3) is 4.69. The van der Waals surface area contributed by atoms with Gasteiger partial charge in [0.25, 0.3) is 0 Å². The number of aromatic carboxylic acids is 1. The Kier molecular flexibility index (Phi) is 5.26. The fourth-order valence-electron chi connectivity index (χ4n) is 2.68. The molecule has 126 valence electrons. The van der Waals surface area contributed by atoms with Crippen molar-refractivity contribution in [2.45, 2.75) is 32.8 Å². The first kappa shape index (κ1) is 17.3. The van der Waals surface area contributed by atoms with E-state index in [0.717, 1.165) is 25.9 Å². The number of carboxylic acids is 2. The Morgan fingerprint density at radius 1 is 1.17 bits per heavy atom. The molecule has 1 aromatic carbocycles. The summed E-state index contributed by atoms with van der Waals surface area (Å²) in [5.41, 5.74) is -0.511. The van der Waals surface area contributed by atoms with Gasteiger partial charge in [0.1, 0.15) is 11.9 Å². The van der Waals surface area contributed by atoms with Crippen LogP contribution in [0.4, 0.5) is 0 Å². The molecule has 0 aromatic heterocycles. The molecule has 6 nitrogen and oxygen atoms in total. The van der Waals surface area contributed by atoms with E-state index in [4.69, 9.17) is 9.84 Å². The van der Waals surface area contributed by atoms with Crippen LogP contribution in [0, 0.1) is 5.41 Å². The average molecular weight is 321 g/mol. The second-order valence-electron chi connectivity index (χ2n) is 6.61. The highest BCUT2D eigenvalue weighted by Gasteiger charge is 2.31. The van der Waals surface area contributed by atoms with Crippen molar-refractivity contribution in [3.05, 3.63) is 29.8 Å². The van der Waals surface area contributed by atoms with Gasteiger partial charge in [-0.2, -0.15) is 0 Å². The number of rotatable bonds is 6. The molecule has 0 spiro atoms. The smallest absolute Gasteiger partial charge is 0.335 e. The van der Waals surface area contributed by atoms with Crippen LogP contribution in [0.3, 0.4) is 0 Å². The van der Waals surface area contributed by atoms with Crippen molar-refractivity contribution in [1.29, 1.82) is 0 Å². The molecule has 0 unspecified atom stereocenters. The van der Waals surface area contributed by atoms with E-state index in [1.807, 2.05) is 0 Å². The minimum absolute atomic E-state index is 0.0786. The summed E-state index contributed by atoms with van der Waals surface area (Å²) < 4.78 is 5.88. The van der Waals surface area contributed by atoms with Gasteiger partial charge in [0.15, 0.2) is 0 Å². The molecule has 1 saturated heterocycles. The minimum Gasteiger partial charge on any atom is -0.490 e. The Labute approximate surface area is 135 Å². The second-order valence-corrected chi connectivity index (χ2v) is 6.61. The number of piperidine rings is 1. The number of ether oxygens (including phenoxy) is 1. The average Bonchev–Trinajstić information content (AvgIpc) is 2.49. The maximum atomic E-state index is 11.2. The van der Waals surface area contributed by atoms with Crippen LogP contribution in [0.2, 0.25) is 0 Å². The van der Waals surface area contributed by atoms with Crippen LogP contribution in [0.1, 0.15) is 37.0 Å². The topological polar surface area (TPSA) is 87.1 Å². The number of aliphatic carboxylic acids is 1. The molecule has 0 amide bonds. The standard InChI is InChI=1S/C17H23NO5/c1-17(2,16(21)22)11-18-9-7-14(8-10-18)23-13-5-3-12(4-6-13)15(19)20/h3-6,14H,7-11H2,1-2H3,(H,19,20)(H,21,22). The van der Waals surface area contributed by atoms with E-state index in [1.54, 1.807) is 26.0 Å². The highest BCUT2D eigenvalue weighted by Crippen LogP contribution is 2.23. The van der Waals surface area contributed by atoms with E-state index in [0.29, 0.717) is 12.3 Å². The van der Waals surface area contributed by atoms with Crippen molar-refractivity contribution in [1.82, 2.24) is 4.90 Å². The normalized spacial score (nSPS) is 17.0. The van der Waals surface area contributed by atoms with E-state index < -0.39 is 17.4 Å². The van der Waals surface area contributed by atoms with Gasteiger partial charge < -0.3 is 19.8 Å². The van der Waals surface area contributed by atoms with Crippen molar-refractivity contribution >= 4 is 11.9 Å². The lowest BCUT2D eigenvalue weighted by Crippen LogP contribution is -2.45. The predicted octanol–water partition coefficient (Wildman–Crippen LogP) is 2.34. The largest absolute Gasteiger partial charge is 0.490 e. The molecule has 0 bridgehead atoms. The predicted molar refractivity (Wildman–Crippen MR) is 84.9 cm³/mol. The van der Waals surface area contributed by atoms with E-state index >= 15 is 0 Å². The number of carboxylic acid groups (broad SMARTS) is 2. The van der Waals surface area contributed by atoms with E-state index in [9.17, 15) is 14.7 Å². The molecule has 0 radical (unpaired) electrons. The molecule has 2 N–H and O–H groups in total. The SMILES string of the molecule is CC(C)(CN1CCC(Oc2ccc(C(=O)O)cc2)CC1)C(=O)O. The van der Waals surface area contributed by atoms with Gasteiger partial charge in [0.2, 0.25) is 0 Å². The monoisotopic (exact) mass is 321 g/mol. The maximum absolute atomic E-state index is 11.2. The van der Waals surface area contributed by atoms with Crippen LogP contribution >= 0.6 is 0 Å². The van der Waals surface area contributed by atoms with Gasteiger partial charge in [-0.15, -0.1) is 0 Å². The zero-order valence-corrected chi connectivity index (χ0v) is 13.5. The minimum atomic E-state index is -0.953. The molecule has 1 aromatic rings. The number of nitrogens with zero attached hydrogens (tertiary/aromatic N) is 1. The van der Waals surface area contributed by atoms with Crippen molar-refractivity contribution in [3.8, 4) is 5.75 Å². The molecule has 0 atom stereocenters. The summed E-state index contributed by atoms with van der Waals surface area (Å²) in [6, 6.07) is 6.40. The van der Waals surface area contributed by atoms with Crippen LogP contribution in [-0.2, 0) is 4.79 Å². The zero-order valence-electron chi connectivity index (χ0n) is 13.5. The highest BCUT2D eigenvalue weighted by atomic mass is 16.5. The number of benzene rings is 1. The molecule has 1 heterocycles. The van der Waals surface area contributed by atoms with Crippen molar-refractivity contribution in [2.75, 3.05) is 19.6 Å². The van der Waals surface area contributed by atoms with Gasteiger partial charge in [-0.1, -0.05) is 0 Å².